The van der Waals surface area contributed by atoms with Gasteiger partial charge in [-0.05, 0) is 0 Å². The molecule has 0 aromatic rings. The first-order valence-corrected chi connectivity index (χ1v) is 1.10. The molecule has 87 valence electrons. The molecule has 0 aliphatic rings. The summed E-state index contributed by atoms with van der Waals surface area (Å²) in [6, 6.07) is 0. The molecular weight excluding hydrogens is 243 g/mol. The van der Waals surface area contributed by atoms with Crippen molar-refractivity contribution in [2.45, 2.75) is 0 Å². The molecule has 0 fully saturated rings. The second-order valence-electron chi connectivity index (χ2n) is 0.447. The molecule has 0 saturated heterocycles. The molecule has 0 amide bonds. The molecule has 13 heavy (non-hydrogen) atoms. The van der Waals surface area contributed by atoms with Crippen LogP contribution in [0.15, 0.2) is 0 Å². The van der Waals surface area contributed by atoms with Crippen LogP contribution in [0.25, 0.3) is 0 Å². The fourth-order valence-corrected chi connectivity index (χ4v) is 0. The summed E-state index contributed by atoms with van der Waals surface area (Å²) in [5.41, 5.74) is 0. The van der Waals surface area contributed by atoms with Crippen molar-refractivity contribution in [2.24, 2.45) is 0 Å². The van der Waals surface area contributed by atoms with Gasteiger partial charge in [0, 0.05) is 17.1 Å². The maximum atomic E-state index is 8.25. The monoisotopic (exact) mass is 251 g/mol. The van der Waals surface area contributed by atoms with E-state index in [2.05, 4.69) is 0 Å². The van der Waals surface area contributed by atoms with Crippen molar-refractivity contribution in [3.05, 3.63) is 30.6 Å². The van der Waals surface area contributed by atoms with Gasteiger partial charge in [0.05, 0.1) is 10.2 Å². The Bertz CT molecular complexity index is 70.9. The standard InChI is InChI=1S/Mn.2NO3.4H2O/c;2*2-1(3)4;;;;/h;;;4*1H2/q;2*-1;;;;. The molecule has 0 bridgehead atoms. The summed E-state index contributed by atoms with van der Waals surface area (Å²) in [5, 5.41) is 29.5. The third kappa shape index (κ3) is 536. The molecular formula is H8MnN2O10-2. The Kier molecular flexibility index (Phi) is 209. The van der Waals surface area contributed by atoms with Crippen molar-refractivity contribution in [3.63, 3.8) is 0 Å². The van der Waals surface area contributed by atoms with Gasteiger partial charge in [0.15, 0.2) is 0 Å². The fourth-order valence-electron chi connectivity index (χ4n) is 0. The van der Waals surface area contributed by atoms with E-state index < -0.39 is 10.2 Å². The Morgan fingerprint density at radius 2 is 0.615 bits per heavy atom. The van der Waals surface area contributed by atoms with Crippen LogP contribution in [0, 0.1) is 30.6 Å². The third-order valence-electron chi connectivity index (χ3n) is 0. The van der Waals surface area contributed by atoms with Gasteiger partial charge in [-0.2, -0.15) is 0 Å². The first-order chi connectivity index (χ1) is 3.46. The zero-order valence-corrected chi connectivity index (χ0v) is 6.90. The van der Waals surface area contributed by atoms with Crippen molar-refractivity contribution in [1.29, 1.82) is 0 Å². The molecule has 0 atom stereocenters. The molecule has 13 heteroatoms. The SMILES string of the molecule is O.O.O.O.O=[N+]([O-])[O-].O=[N+]([O-])[O-].[Mn]. The average Bonchev–Trinajstić information content (AvgIpc) is 1.25. The maximum absolute atomic E-state index is 8.25. The summed E-state index contributed by atoms with van der Waals surface area (Å²) in [6.07, 6.45) is 0. The van der Waals surface area contributed by atoms with Crippen LogP contribution in [0.5, 0.6) is 0 Å². The van der Waals surface area contributed by atoms with Crippen LogP contribution in [0.2, 0.25) is 0 Å². The van der Waals surface area contributed by atoms with Crippen LogP contribution in [-0.2, 0) is 17.1 Å². The van der Waals surface area contributed by atoms with Crippen LogP contribution in [0.4, 0.5) is 0 Å². The quantitative estimate of drug-likeness (QED) is 0.236. The molecule has 0 spiro atoms. The molecule has 0 rings (SSSR count). The van der Waals surface area contributed by atoms with E-state index in [0.29, 0.717) is 0 Å². The van der Waals surface area contributed by atoms with Gasteiger partial charge in [0.2, 0.25) is 0 Å². The van der Waals surface area contributed by atoms with E-state index in [1.54, 1.807) is 0 Å². The van der Waals surface area contributed by atoms with E-state index in [9.17, 15) is 0 Å². The van der Waals surface area contributed by atoms with Gasteiger partial charge in [-0.25, -0.2) is 0 Å². The smallest absolute Gasteiger partial charge is 0.0689 e. The average molecular weight is 251 g/mol. The van der Waals surface area contributed by atoms with Crippen LogP contribution in [0.3, 0.4) is 0 Å². The summed E-state index contributed by atoms with van der Waals surface area (Å²) >= 11 is 0. The molecule has 0 aromatic carbocycles. The Labute approximate surface area is 80.7 Å². The number of hydrogen-bond acceptors (Lipinski definition) is 6. The zero-order chi connectivity index (χ0) is 7.15. The first-order valence-electron chi connectivity index (χ1n) is 1.10. The summed E-state index contributed by atoms with van der Waals surface area (Å²) in [6.45, 7) is 0. The van der Waals surface area contributed by atoms with Crippen molar-refractivity contribution in [2.75, 3.05) is 0 Å². The number of rotatable bonds is 0. The third-order valence-corrected chi connectivity index (χ3v) is 0. The van der Waals surface area contributed by atoms with Crippen LogP contribution < -0.4 is 0 Å². The Hall–Kier alpha value is -1.24. The molecule has 0 unspecified atom stereocenters. The Morgan fingerprint density at radius 3 is 0.615 bits per heavy atom. The van der Waals surface area contributed by atoms with E-state index >= 15 is 0 Å². The van der Waals surface area contributed by atoms with Crippen molar-refractivity contribution in [3.8, 4) is 0 Å². The minimum atomic E-state index is -1.75. The molecule has 0 saturated carbocycles. The Morgan fingerprint density at radius 1 is 0.615 bits per heavy atom. The van der Waals surface area contributed by atoms with Crippen LogP contribution >= 0.6 is 0 Å². The van der Waals surface area contributed by atoms with Crippen LogP contribution in [0.1, 0.15) is 0 Å². The molecule has 1 radical (unpaired) electrons. The summed E-state index contributed by atoms with van der Waals surface area (Å²) in [4.78, 5) is 16.5. The number of hydrogen-bond donors (Lipinski definition) is 0. The predicted molar refractivity (Wildman–Crippen MR) is 35.2 cm³/mol. The maximum Gasteiger partial charge on any atom is 0.0689 e. The van der Waals surface area contributed by atoms with Gasteiger partial charge in [0.25, 0.3) is 0 Å². The van der Waals surface area contributed by atoms with Gasteiger partial charge in [-0.15, -0.1) is 0 Å². The topological polar surface area (TPSA) is 258 Å². The first kappa shape index (κ1) is 60.1. The minimum Gasteiger partial charge on any atom is -0.412 e. The van der Waals surface area contributed by atoms with Gasteiger partial charge >= 0.3 is 0 Å². The summed E-state index contributed by atoms with van der Waals surface area (Å²) in [5.74, 6) is 0. The van der Waals surface area contributed by atoms with Crippen molar-refractivity contribution in [1.82, 2.24) is 0 Å². The number of nitrogens with zero attached hydrogens (tertiary/aromatic N) is 2. The van der Waals surface area contributed by atoms with Crippen LogP contribution in [-0.4, -0.2) is 32.1 Å². The van der Waals surface area contributed by atoms with Gasteiger partial charge in [-0.3, -0.25) is 0 Å². The Balaban J connectivity index is -0.00000000800. The van der Waals surface area contributed by atoms with Gasteiger partial charge < -0.3 is 52.5 Å². The molecule has 0 heterocycles. The minimum absolute atomic E-state index is 0. The van der Waals surface area contributed by atoms with E-state index in [1.807, 2.05) is 0 Å². The normalized spacial score (nSPS) is 3.69. The van der Waals surface area contributed by atoms with Gasteiger partial charge in [-0.1, -0.05) is 0 Å². The molecule has 0 aliphatic heterocycles. The molecule has 0 aromatic heterocycles. The molecule has 0 aliphatic carbocycles. The second-order valence-corrected chi connectivity index (χ2v) is 0.447. The summed E-state index contributed by atoms with van der Waals surface area (Å²) in [7, 11) is 0. The van der Waals surface area contributed by atoms with Crippen molar-refractivity contribution < 1.29 is 49.1 Å². The summed E-state index contributed by atoms with van der Waals surface area (Å²) < 4.78 is 0. The van der Waals surface area contributed by atoms with E-state index in [-0.39, 0.29) is 39.0 Å². The largest absolute Gasteiger partial charge is 0.412 e. The van der Waals surface area contributed by atoms with Gasteiger partial charge in [0.1, 0.15) is 0 Å². The second kappa shape index (κ2) is 45.2. The van der Waals surface area contributed by atoms with E-state index in [0.717, 1.165) is 0 Å². The van der Waals surface area contributed by atoms with E-state index in [4.69, 9.17) is 30.6 Å². The van der Waals surface area contributed by atoms with Crippen molar-refractivity contribution >= 4 is 0 Å². The van der Waals surface area contributed by atoms with E-state index in [1.165, 1.54) is 0 Å². The molecule has 8 N–H and O–H groups in total. The predicted octanol–water partition coefficient (Wildman–Crippen LogP) is -3.78. The fraction of sp³-hybridized carbons (Fsp3) is 0. The zero-order valence-electron chi connectivity index (χ0n) is 5.72. The molecule has 12 nitrogen and oxygen atoms in total.